The summed E-state index contributed by atoms with van der Waals surface area (Å²) in [6, 6.07) is 12.1. The highest BCUT2D eigenvalue weighted by Gasteiger charge is 2.21. The molecule has 5 nitrogen and oxygen atoms in total. The highest BCUT2D eigenvalue weighted by atomic mass is 32.1. The van der Waals surface area contributed by atoms with Crippen LogP contribution in [0, 0.1) is 12.8 Å². The lowest BCUT2D eigenvalue weighted by Gasteiger charge is -2.24. The molecule has 0 radical (unpaired) electrons. The smallest absolute Gasteiger partial charge is 0.309 e. The van der Waals surface area contributed by atoms with E-state index in [1.54, 1.807) is 11.3 Å². The number of nitrogens with one attached hydrogen (secondary N) is 1. The van der Waals surface area contributed by atoms with Gasteiger partial charge in [-0.3, -0.25) is 14.5 Å². The van der Waals surface area contributed by atoms with E-state index in [2.05, 4.69) is 29.6 Å². The largest absolute Gasteiger partial charge is 0.469 e. The van der Waals surface area contributed by atoms with Crippen molar-refractivity contribution in [3.63, 3.8) is 0 Å². The summed E-state index contributed by atoms with van der Waals surface area (Å²) in [5.41, 5.74) is 2.24. The molecule has 1 aromatic heterocycles. The van der Waals surface area contributed by atoms with Gasteiger partial charge >= 0.3 is 5.97 Å². The lowest BCUT2D eigenvalue weighted by atomic mass is 10.0. The van der Waals surface area contributed by atoms with Crippen molar-refractivity contribution in [2.75, 3.05) is 26.7 Å². The minimum Gasteiger partial charge on any atom is -0.469 e. The molecule has 0 spiro atoms. The van der Waals surface area contributed by atoms with Crippen molar-refractivity contribution in [3.8, 4) is 0 Å². The molecule has 2 rings (SSSR count). The maximum absolute atomic E-state index is 12.7. The van der Waals surface area contributed by atoms with Gasteiger partial charge in [0, 0.05) is 11.4 Å². The van der Waals surface area contributed by atoms with Crippen molar-refractivity contribution < 1.29 is 14.3 Å². The second-order valence-electron chi connectivity index (χ2n) is 6.68. The number of hydrogen-bond acceptors (Lipinski definition) is 5. The number of rotatable bonds is 9. The molecular weight excluding hydrogens is 360 g/mol. The number of amides is 1. The molecule has 2 aromatic rings. The SMILES string of the molecule is CCN(CC(=O)NC(c1ccc(C)cc1)c1cccs1)CC(C)C(=O)OC. The molecule has 2 atom stereocenters. The maximum atomic E-state index is 12.7. The second-order valence-corrected chi connectivity index (χ2v) is 7.66. The zero-order chi connectivity index (χ0) is 19.8. The monoisotopic (exact) mass is 388 g/mol. The molecule has 2 unspecified atom stereocenters. The average Bonchev–Trinajstić information content (AvgIpc) is 3.20. The molecule has 0 saturated carbocycles. The van der Waals surface area contributed by atoms with Crippen molar-refractivity contribution in [3.05, 3.63) is 57.8 Å². The standard InChI is InChI=1S/C21H28N2O3S/c1-5-23(13-16(3)21(25)26-4)14-19(24)22-20(18-7-6-12-27-18)17-10-8-15(2)9-11-17/h6-12,16,20H,5,13-14H2,1-4H3,(H,22,24). The molecule has 0 saturated heterocycles. The molecule has 0 bridgehead atoms. The molecule has 0 aliphatic heterocycles. The molecular formula is C21H28N2O3S. The fraction of sp³-hybridized carbons (Fsp3) is 0.429. The van der Waals surface area contributed by atoms with Crippen LogP contribution in [0.4, 0.5) is 0 Å². The molecule has 6 heteroatoms. The predicted octanol–water partition coefficient (Wildman–Crippen LogP) is 3.39. The summed E-state index contributed by atoms with van der Waals surface area (Å²) in [5.74, 6) is -0.592. The molecule has 0 fully saturated rings. The lowest BCUT2D eigenvalue weighted by Crippen LogP contribution is -2.41. The van der Waals surface area contributed by atoms with E-state index in [4.69, 9.17) is 4.74 Å². The summed E-state index contributed by atoms with van der Waals surface area (Å²) < 4.78 is 4.78. The number of likely N-dealkylation sites (N-methyl/N-ethyl adjacent to an activating group) is 1. The van der Waals surface area contributed by atoms with Crippen LogP contribution in [0.15, 0.2) is 41.8 Å². The first kappa shape index (κ1) is 21.1. The van der Waals surface area contributed by atoms with Gasteiger partial charge in [0.2, 0.25) is 5.91 Å². The summed E-state index contributed by atoms with van der Waals surface area (Å²) in [6.07, 6.45) is 0. The van der Waals surface area contributed by atoms with Crippen LogP contribution < -0.4 is 5.32 Å². The van der Waals surface area contributed by atoms with E-state index in [0.717, 1.165) is 10.4 Å². The van der Waals surface area contributed by atoms with Crippen molar-refractivity contribution in [1.29, 1.82) is 0 Å². The van der Waals surface area contributed by atoms with Crippen LogP contribution in [-0.2, 0) is 14.3 Å². The number of methoxy groups -OCH3 is 1. The van der Waals surface area contributed by atoms with Crippen LogP contribution in [-0.4, -0.2) is 43.5 Å². The van der Waals surface area contributed by atoms with Gasteiger partial charge in [-0.25, -0.2) is 0 Å². The first-order valence-electron chi connectivity index (χ1n) is 9.14. The van der Waals surface area contributed by atoms with Gasteiger partial charge in [0.15, 0.2) is 0 Å². The van der Waals surface area contributed by atoms with Crippen LogP contribution in [0.1, 0.15) is 35.9 Å². The molecule has 146 valence electrons. The van der Waals surface area contributed by atoms with Gasteiger partial charge in [0.1, 0.15) is 0 Å². The molecule has 1 amide bonds. The van der Waals surface area contributed by atoms with E-state index in [-0.39, 0.29) is 30.4 Å². The van der Waals surface area contributed by atoms with E-state index in [1.807, 2.05) is 43.2 Å². The van der Waals surface area contributed by atoms with Gasteiger partial charge in [-0.05, 0) is 30.5 Å². The van der Waals surface area contributed by atoms with Crippen molar-refractivity contribution >= 4 is 23.2 Å². The zero-order valence-electron chi connectivity index (χ0n) is 16.4. The van der Waals surface area contributed by atoms with Gasteiger partial charge < -0.3 is 10.1 Å². The average molecular weight is 389 g/mol. The molecule has 1 heterocycles. The Morgan fingerprint density at radius 2 is 1.93 bits per heavy atom. The van der Waals surface area contributed by atoms with Crippen LogP contribution >= 0.6 is 11.3 Å². The molecule has 0 aliphatic rings. The number of nitrogens with zero attached hydrogens (tertiary/aromatic N) is 1. The van der Waals surface area contributed by atoms with E-state index < -0.39 is 0 Å². The van der Waals surface area contributed by atoms with Crippen molar-refractivity contribution in [2.45, 2.75) is 26.8 Å². The normalized spacial score (nSPS) is 13.2. The first-order valence-corrected chi connectivity index (χ1v) is 10.0. The van der Waals surface area contributed by atoms with E-state index >= 15 is 0 Å². The highest BCUT2D eigenvalue weighted by Crippen LogP contribution is 2.26. The summed E-state index contributed by atoms with van der Waals surface area (Å²) in [6.45, 7) is 7.25. The Labute approximate surface area is 165 Å². The van der Waals surface area contributed by atoms with Crippen LogP contribution in [0.2, 0.25) is 0 Å². The zero-order valence-corrected chi connectivity index (χ0v) is 17.2. The number of esters is 1. The van der Waals surface area contributed by atoms with Gasteiger partial charge in [0.25, 0.3) is 0 Å². The number of thiophene rings is 1. The Morgan fingerprint density at radius 1 is 1.22 bits per heavy atom. The number of ether oxygens (including phenoxy) is 1. The minimum absolute atomic E-state index is 0.0621. The molecule has 0 aliphatic carbocycles. The van der Waals surface area contributed by atoms with Gasteiger partial charge in [-0.2, -0.15) is 0 Å². The lowest BCUT2D eigenvalue weighted by molar-refractivity contribution is -0.145. The number of benzene rings is 1. The van der Waals surface area contributed by atoms with Crippen molar-refractivity contribution in [1.82, 2.24) is 10.2 Å². The van der Waals surface area contributed by atoms with E-state index in [0.29, 0.717) is 13.1 Å². The Hall–Kier alpha value is -2.18. The highest BCUT2D eigenvalue weighted by molar-refractivity contribution is 7.10. The van der Waals surface area contributed by atoms with E-state index in [1.165, 1.54) is 12.7 Å². The quantitative estimate of drug-likeness (QED) is 0.669. The summed E-state index contributed by atoms with van der Waals surface area (Å²) >= 11 is 1.62. The third kappa shape index (κ3) is 6.19. The predicted molar refractivity (Wildman–Crippen MR) is 109 cm³/mol. The van der Waals surface area contributed by atoms with Crippen molar-refractivity contribution in [2.24, 2.45) is 5.92 Å². The molecule has 1 N–H and O–H groups in total. The van der Waals surface area contributed by atoms with Crippen LogP contribution in [0.3, 0.4) is 0 Å². The van der Waals surface area contributed by atoms with Gasteiger partial charge in [-0.1, -0.05) is 49.7 Å². The van der Waals surface area contributed by atoms with Gasteiger partial charge in [0.05, 0.1) is 25.6 Å². The fourth-order valence-corrected chi connectivity index (χ4v) is 3.71. The second kappa shape index (κ2) is 10.2. The molecule has 27 heavy (non-hydrogen) atoms. The number of carbonyl (C=O) groups excluding carboxylic acids is 2. The van der Waals surface area contributed by atoms with Gasteiger partial charge in [-0.15, -0.1) is 11.3 Å². The number of carbonyl (C=O) groups is 2. The number of hydrogen-bond donors (Lipinski definition) is 1. The third-order valence-electron chi connectivity index (χ3n) is 4.49. The Morgan fingerprint density at radius 3 is 2.48 bits per heavy atom. The van der Waals surface area contributed by atoms with Crippen LogP contribution in [0.5, 0.6) is 0 Å². The summed E-state index contributed by atoms with van der Waals surface area (Å²) in [4.78, 5) is 27.4. The topological polar surface area (TPSA) is 58.6 Å². The third-order valence-corrected chi connectivity index (χ3v) is 5.43. The Kier molecular flexibility index (Phi) is 8.00. The van der Waals surface area contributed by atoms with E-state index in [9.17, 15) is 9.59 Å². The first-order chi connectivity index (χ1) is 12.9. The minimum atomic E-state index is -0.270. The molecule has 1 aromatic carbocycles. The fourth-order valence-electron chi connectivity index (χ4n) is 2.91. The van der Waals surface area contributed by atoms with Crippen LogP contribution in [0.25, 0.3) is 0 Å². The Bertz CT molecular complexity index is 728. The number of aryl methyl sites for hydroxylation is 1. The Balaban J connectivity index is 2.07. The summed E-state index contributed by atoms with van der Waals surface area (Å²) in [5, 5.41) is 5.16. The summed E-state index contributed by atoms with van der Waals surface area (Å²) in [7, 11) is 1.38. The maximum Gasteiger partial charge on any atom is 0.309 e.